The second-order valence-corrected chi connectivity index (χ2v) is 5.08. The van der Waals surface area contributed by atoms with Crippen molar-refractivity contribution in [2.75, 3.05) is 11.5 Å². The molecule has 0 aromatic carbocycles. The molecule has 0 unspecified atom stereocenters. The molecule has 0 aliphatic rings. The quantitative estimate of drug-likeness (QED) is 0.532. The number of hydrogen-bond acceptors (Lipinski definition) is 4. The van der Waals surface area contributed by atoms with Crippen molar-refractivity contribution in [1.29, 1.82) is 0 Å². The van der Waals surface area contributed by atoms with Crippen molar-refractivity contribution in [2.45, 2.75) is 0 Å². The first-order valence-electron chi connectivity index (χ1n) is 3.80. The summed E-state index contributed by atoms with van der Waals surface area (Å²) in [5.41, 5.74) is 13.6. The average Bonchev–Trinajstić information content (AvgIpc) is 2.60. The van der Waals surface area contributed by atoms with Gasteiger partial charge >= 0.3 is 0 Å². The molecule has 3 heterocycles. The molecule has 0 radical (unpaired) electrons. The lowest BCUT2D eigenvalue weighted by Crippen LogP contribution is -1.74. The Hall–Kier alpha value is -1.20. The van der Waals surface area contributed by atoms with Crippen LogP contribution in [-0.4, -0.2) is 4.98 Å². The third-order valence-corrected chi connectivity index (χ3v) is 4.07. The predicted octanol–water partition coefficient (Wildman–Crippen LogP) is 2.61. The van der Waals surface area contributed by atoms with Gasteiger partial charge in [-0.2, -0.15) is 0 Å². The lowest BCUT2D eigenvalue weighted by atomic mass is 10.5. The van der Waals surface area contributed by atoms with Crippen LogP contribution in [-0.2, 0) is 0 Å². The van der Waals surface area contributed by atoms with Crippen LogP contribution in [0.5, 0.6) is 0 Å². The smallest absolute Gasteiger partial charge is 0.0884 e. The zero-order chi connectivity index (χ0) is 9.00. The molecule has 13 heavy (non-hydrogen) atoms. The second kappa shape index (κ2) is 2.18. The van der Waals surface area contributed by atoms with Gasteiger partial charge in [0.2, 0.25) is 0 Å². The van der Waals surface area contributed by atoms with E-state index in [2.05, 4.69) is 4.98 Å². The highest BCUT2D eigenvalue weighted by atomic mass is 32.1. The van der Waals surface area contributed by atoms with Crippen molar-refractivity contribution < 1.29 is 0 Å². The molecule has 0 saturated carbocycles. The van der Waals surface area contributed by atoms with E-state index in [-0.39, 0.29) is 0 Å². The van der Waals surface area contributed by atoms with Crippen molar-refractivity contribution in [3.63, 3.8) is 0 Å². The van der Waals surface area contributed by atoms with Gasteiger partial charge in [0.05, 0.1) is 30.4 Å². The molecular weight excluding hydrogens is 202 g/mol. The van der Waals surface area contributed by atoms with Gasteiger partial charge in [-0.25, -0.2) is 0 Å². The molecule has 0 aliphatic heterocycles. The van der Waals surface area contributed by atoms with Crippen LogP contribution in [0.25, 0.3) is 20.4 Å². The summed E-state index contributed by atoms with van der Waals surface area (Å²) >= 11 is 3.21. The zero-order valence-electron chi connectivity index (χ0n) is 6.63. The van der Waals surface area contributed by atoms with Crippen LogP contribution < -0.4 is 11.5 Å². The minimum atomic E-state index is 0.843. The average molecular weight is 209 g/mol. The van der Waals surface area contributed by atoms with E-state index >= 15 is 0 Å². The number of nitrogens with two attached hydrogens (primary N) is 2. The number of hydrogen-bond donors (Lipinski definition) is 3. The first kappa shape index (κ1) is 7.23. The van der Waals surface area contributed by atoms with Gasteiger partial charge in [0, 0.05) is 0 Å². The number of anilines is 2. The zero-order valence-corrected chi connectivity index (χ0v) is 8.26. The molecule has 3 nitrogen and oxygen atoms in total. The molecule has 66 valence electrons. The molecule has 0 bridgehead atoms. The third kappa shape index (κ3) is 0.882. The Kier molecular flexibility index (Phi) is 1.21. The summed E-state index contributed by atoms with van der Waals surface area (Å²) in [5.74, 6) is 0. The largest absolute Gasteiger partial charge is 0.391 e. The summed E-state index contributed by atoms with van der Waals surface area (Å²) in [6, 6.07) is 3.92. The lowest BCUT2D eigenvalue weighted by molar-refractivity contribution is 1.57. The Morgan fingerprint density at radius 3 is 1.85 bits per heavy atom. The van der Waals surface area contributed by atoms with Crippen molar-refractivity contribution in [1.82, 2.24) is 4.98 Å². The summed E-state index contributed by atoms with van der Waals surface area (Å²) < 4.78 is 2.43. The first-order valence-corrected chi connectivity index (χ1v) is 5.43. The number of aromatic amines is 1. The number of thiophene rings is 2. The fraction of sp³-hybridized carbons (Fsp3) is 0. The fourth-order valence-electron chi connectivity index (χ4n) is 1.49. The molecule has 5 heteroatoms. The van der Waals surface area contributed by atoms with Crippen LogP contribution in [0.2, 0.25) is 0 Å². The number of aromatic nitrogens is 1. The number of H-pyrrole nitrogens is 1. The van der Waals surface area contributed by atoms with E-state index in [4.69, 9.17) is 11.5 Å². The summed E-state index contributed by atoms with van der Waals surface area (Å²) in [6.07, 6.45) is 0. The van der Waals surface area contributed by atoms with Gasteiger partial charge < -0.3 is 16.5 Å². The van der Waals surface area contributed by atoms with Crippen LogP contribution in [0.3, 0.4) is 0 Å². The van der Waals surface area contributed by atoms with Crippen LogP contribution in [0.4, 0.5) is 10.0 Å². The fourth-order valence-corrected chi connectivity index (χ4v) is 3.41. The molecule has 0 aliphatic carbocycles. The molecule has 0 spiro atoms. The van der Waals surface area contributed by atoms with Gasteiger partial charge in [-0.3, -0.25) is 0 Å². The van der Waals surface area contributed by atoms with Crippen molar-refractivity contribution in [2.24, 2.45) is 0 Å². The maximum atomic E-state index is 5.70. The van der Waals surface area contributed by atoms with Gasteiger partial charge in [0.25, 0.3) is 0 Å². The van der Waals surface area contributed by atoms with E-state index in [0.717, 1.165) is 21.0 Å². The molecule has 0 atom stereocenters. The second-order valence-electron chi connectivity index (χ2n) is 2.91. The maximum absolute atomic E-state index is 5.70. The van der Waals surface area contributed by atoms with Gasteiger partial charge in [0.1, 0.15) is 0 Å². The normalized spacial score (nSPS) is 11.7. The van der Waals surface area contributed by atoms with Gasteiger partial charge in [-0.15, -0.1) is 22.7 Å². The Balaban J connectivity index is 2.56. The molecular formula is C8H7N3S2. The Labute approximate surface area is 82.0 Å². The summed E-state index contributed by atoms with van der Waals surface area (Å²) in [6.45, 7) is 0. The van der Waals surface area contributed by atoms with Gasteiger partial charge in [-0.05, 0) is 12.1 Å². The van der Waals surface area contributed by atoms with Crippen LogP contribution >= 0.6 is 22.7 Å². The van der Waals surface area contributed by atoms with E-state index in [0.29, 0.717) is 0 Å². The topological polar surface area (TPSA) is 67.8 Å². The SMILES string of the molecule is Nc1cc2[nH]c3cc(N)sc3c2s1. The molecule has 3 aromatic heterocycles. The van der Waals surface area contributed by atoms with E-state index in [1.54, 1.807) is 22.7 Å². The molecule has 3 rings (SSSR count). The number of fused-ring (bicyclic) bond motifs is 3. The van der Waals surface area contributed by atoms with Gasteiger partial charge in [-0.1, -0.05) is 0 Å². The molecule has 5 N–H and O–H groups in total. The molecule has 3 aromatic rings. The highest BCUT2D eigenvalue weighted by molar-refractivity contribution is 7.30. The van der Waals surface area contributed by atoms with Gasteiger partial charge in [0.15, 0.2) is 0 Å². The van der Waals surface area contributed by atoms with Crippen molar-refractivity contribution >= 4 is 53.1 Å². The monoisotopic (exact) mass is 209 g/mol. The summed E-state index contributed by atoms with van der Waals surface area (Å²) in [4.78, 5) is 3.28. The first-order chi connectivity index (χ1) is 6.24. The van der Waals surface area contributed by atoms with Crippen LogP contribution in [0.15, 0.2) is 12.1 Å². The van der Waals surface area contributed by atoms with Crippen molar-refractivity contribution in [3.8, 4) is 0 Å². The van der Waals surface area contributed by atoms with E-state index in [1.807, 2.05) is 12.1 Å². The predicted molar refractivity (Wildman–Crippen MR) is 60.4 cm³/mol. The van der Waals surface area contributed by atoms with E-state index in [9.17, 15) is 0 Å². The molecule has 0 saturated heterocycles. The third-order valence-electron chi connectivity index (χ3n) is 1.98. The Bertz CT molecular complexity index is 536. The number of rotatable bonds is 0. The Morgan fingerprint density at radius 1 is 0.923 bits per heavy atom. The summed E-state index contributed by atoms with van der Waals surface area (Å²) in [7, 11) is 0. The Morgan fingerprint density at radius 2 is 1.38 bits per heavy atom. The minimum absolute atomic E-state index is 0.843. The minimum Gasteiger partial charge on any atom is -0.391 e. The van der Waals surface area contributed by atoms with E-state index in [1.165, 1.54) is 9.40 Å². The van der Waals surface area contributed by atoms with Crippen LogP contribution in [0, 0.1) is 0 Å². The lowest BCUT2D eigenvalue weighted by Gasteiger charge is -1.76. The number of nitrogens with one attached hydrogen (secondary N) is 1. The van der Waals surface area contributed by atoms with E-state index < -0.39 is 0 Å². The molecule has 0 fully saturated rings. The molecule has 0 amide bonds. The maximum Gasteiger partial charge on any atom is 0.0884 e. The van der Waals surface area contributed by atoms with Crippen molar-refractivity contribution in [3.05, 3.63) is 12.1 Å². The summed E-state index contributed by atoms with van der Waals surface area (Å²) in [5, 5.41) is 1.69. The highest BCUT2D eigenvalue weighted by Crippen LogP contribution is 2.39. The highest BCUT2D eigenvalue weighted by Gasteiger charge is 2.09. The van der Waals surface area contributed by atoms with Crippen LogP contribution in [0.1, 0.15) is 0 Å². The number of nitrogen functional groups attached to an aromatic ring is 2. The standard InChI is InChI=1S/C8H7N3S2/c9-5-1-3-7(12-5)8-4(11-3)2-6(10)13-8/h1-2,11H,9-10H2.